The highest BCUT2D eigenvalue weighted by Gasteiger charge is 2.37. The van der Waals surface area contributed by atoms with Gasteiger partial charge in [-0.05, 0) is 54.3 Å². The number of alkyl halides is 6. The van der Waals surface area contributed by atoms with Crippen LogP contribution < -0.4 is 5.32 Å². The third-order valence-electron chi connectivity index (χ3n) is 5.04. The fourth-order valence-corrected chi connectivity index (χ4v) is 3.32. The molecule has 0 aliphatic carbocycles. The first kappa shape index (κ1) is 26.3. The third-order valence-corrected chi connectivity index (χ3v) is 5.04. The molecule has 5 nitrogen and oxygen atoms in total. The van der Waals surface area contributed by atoms with Crippen molar-refractivity contribution in [3.05, 3.63) is 71.8 Å². The average molecular weight is 499 g/mol. The molecule has 0 aliphatic rings. The number of amides is 1. The van der Waals surface area contributed by atoms with Crippen molar-refractivity contribution >= 4 is 5.91 Å². The van der Waals surface area contributed by atoms with Crippen molar-refractivity contribution in [1.82, 2.24) is 14.9 Å². The van der Waals surface area contributed by atoms with E-state index in [1.54, 1.807) is 0 Å². The van der Waals surface area contributed by atoms with Gasteiger partial charge in [0.1, 0.15) is 5.69 Å². The fourth-order valence-electron chi connectivity index (χ4n) is 3.32. The molecule has 0 radical (unpaired) electrons. The molecule has 0 aliphatic heterocycles. The van der Waals surface area contributed by atoms with Crippen molar-refractivity contribution in [2.75, 3.05) is 19.8 Å². The quantitative estimate of drug-likeness (QED) is 0.285. The number of nitrogens with one attached hydrogen (secondary N) is 1. The number of ether oxygens (including phenoxy) is 1. The van der Waals surface area contributed by atoms with Crippen LogP contribution in [0.2, 0.25) is 0 Å². The van der Waals surface area contributed by atoms with Crippen molar-refractivity contribution in [2.24, 2.45) is 0 Å². The molecule has 35 heavy (non-hydrogen) atoms. The van der Waals surface area contributed by atoms with Gasteiger partial charge in [0.25, 0.3) is 5.91 Å². The van der Waals surface area contributed by atoms with Gasteiger partial charge < -0.3 is 10.1 Å². The molecule has 188 valence electrons. The number of imidazole rings is 1. The van der Waals surface area contributed by atoms with E-state index in [2.05, 4.69) is 10.3 Å². The molecular formula is C24H23F6N3O2. The highest BCUT2D eigenvalue weighted by atomic mass is 19.4. The number of carbonyl (C=O) groups is 1. The molecule has 2 aromatic carbocycles. The molecule has 1 heterocycles. The van der Waals surface area contributed by atoms with Gasteiger partial charge in [0.2, 0.25) is 0 Å². The lowest BCUT2D eigenvalue weighted by atomic mass is 9.99. The molecule has 3 rings (SSSR count). The number of halogens is 6. The zero-order valence-electron chi connectivity index (χ0n) is 18.7. The first-order chi connectivity index (χ1) is 16.5. The maximum atomic E-state index is 13.2. The van der Waals surface area contributed by atoms with Crippen LogP contribution in [-0.4, -0.2) is 35.2 Å². The molecule has 0 fully saturated rings. The Hall–Kier alpha value is -3.34. The van der Waals surface area contributed by atoms with Crippen LogP contribution in [0.4, 0.5) is 26.3 Å². The Balaban J connectivity index is 1.80. The lowest BCUT2D eigenvalue weighted by Gasteiger charge is -2.15. The Morgan fingerprint density at radius 2 is 1.57 bits per heavy atom. The Labute approximate surface area is 197 Å². The van der Waals surface area contributed by atoms with Gasteiger partial charge in [-0.1, -0.05) is 19.1 Å². The molecule has 11 heteroatoms. The normalized spacial score (nSPS) is 12.1. The molecular weight excluding hydrogens is 476 g/mol. The minimum atomic E-state index is -4.93. The van der Waals surface area contributed by atoms with Crippen molar-refractivity contribution < 1.29 is 35.9 Å². The molecule has 0 atom stereocenters. The number of rotatable bonds is 9. The van der Waals surface area contributed by atoms with Gasteiger partial charge >= 0.3 is 12.4 Å². The van der Waals surface area contributed by atoms with E-state index in [0.717, 1.165) is 6.42 Å². The maximum absolute atomic E-state index is 13.2. The fraction of sp³-hybridized carbons (Fsp3) is 0.333. The molecule has 1 N–H and O–H groups in total. The Kier molecular flexibility index (Phi) is 8.21. The number of benzene rings is 2. The van der Waals surface area contributed by atoms with Crippen molar-refractivity contribution in [1.29, 1.82) is 0 Å². The summed E-state index contributed by atoms with van der Waals surface area (Å²) in [6.45, 7) is 3.55. The summed E-state index contributed by atoms with van der Waals surface area (Å²) < 4.78 is 85.8. The summed E-state index contributed by atoms with van der Waals surface area (Å²) in [5, 5.41) is 2.76. The Morgan fingerprint density at radius 1 is 0.943 bits per heavy atom. The number of carbonyl (C=O) groups excluding carboxylic acids is 1. The minimum Gasteiger partial charge on any atom is -0.381 e. The molecule has 0 spiro atoms. The highest BCUT2D eigenvalue weighted by molar-refractivity contribution is 5.93. The van der Waals surface area contributed by atoms with Crippen molar-refractivity contribution in [2.45, 2.75) is 32.1 Å². The molecule has 0 unspecified atom stereocenters. The van der Waals surface area contributed by atoms with Crippen LogP contribution in [0, 0.1) is 0 Å². The van der Waals surface area contributed by atoms with E-state index < -0.39 is 23.5 Å². The highest BCUT2D eigenvalue weighted by Crippen LogP contribution is 2.38. The van der Waals surface area contributed by atoms with E-state index in [-0.39, 0.29) is 28.8 Å². The summed E-state index contributed by atoms with van der Waals surface area (Å²) in [6, 6.07) is 7.18. The smallest absolute Gasteiger partial charge is 0.381 e. The topological polar surface area (TPSA) is 56.1 Å². The lowest BCUT2D eigenvalue weighted by molar-refractivity contribution is -0.143. The second-order valence-electron chi connectivity index (χ2n) is 7.71. The zero-order valence-corrected chi connectivity index (χ0v) is 18.7. The number of aromatic nitrogens is 2. The molecule has 3 aromatic rings. The Bertz CT molecular complexity index is 1110. The monoisotopic (exact) mass is 499 g/mol. The van der Waals surface area contributed by atoms with E-state index in [9.17, 15) is 31.1 Å². The van der Waals surface area contributed by atoms with E-state index in [4.69, 9.17) is 4.74 Å². The molecule has 1 aromatic heterocycles. The van der Waals surface area contributed by atoms with Gasteiger partial charge in [-0.15, -0.1) is 0 Å². The van der Waals surface area contributed by atoms with Crippen LogP contribution in [0.5, 0.6) is 0 Å². The van der Waals surface area contributed by atoms with Gasteiger partial charge in [-0.3, -0.25) is 9.36 Å². The summed E-state index contributed by atoms with van der Waals surface area (Å²) in [4.78, 5) is 16.5. The van der Waals surface area contributed by atoms with E-state index >= 15 is 0 Å². The second-order valence-corrected chi connectivity index (χ2v) is 7.71. The standard InChI is InChI=1S/C24H23F6N3O2/c1-2-9-35-10-3-8-32-22(34)21-14-31-15-33(21)20-6-4-16(5-7-20)17-11-18(23(25,26)27)13-19(12-17)24(28,29)30/h4-7,11-15H,2-3,8-10H2,1H3,(H,32,34). The summed E-state index contributed by atoms with van der Waals surface area (Å²) in [6.07, 6.45) is -5.58. The van der Waals surface area contributed by atoms with E-state index in [0.29, 0.717) is 44.0 Å². The van der Waals surface area contributed by atoms with Crippen molar-refractivity contribution in [3.63, 3.8) is 0 Å². The molecule has 0 bridgehead atoms. The molecule has 0 saturated heterocycles. The first-order valence-electron chi connectivity index (χ1n) is 10.8. The number of hydrogen-bond donors (Lipinski definition) is 1. The maximum Gasteiger partial charge on any atom is 0.416 e. The van der Waals surface area contributed by atoms with Crippen LogP contribution in [0.1, 0.15) is 41.4 Å². The summed E-state index contributed by atoms with van der Waals surface area (Å²) in [5.74, 6) is -0.380. The van der Waals surface area contributed by atoms with Crippen LogP contribution in [-0.2, 0) is 17.1 Å². The van der Waals surface area contributed by atoms with Gasteiger partial charge in [-0.25, -0.2) is 4.98 Å². The lowest BCUT2D eigenvalue weighted by Crippen LogP contribution is -2.27. The Morgan fingerprint density at radius 3 is 2.14 bits per heavy atom. The SMILES string of the molecule is CCCOCCCNC(=O)c1cncn1-c1ccc(-c2cc(C(F)(F)F)cc(C(F)(F)F)c2)cc1. The van der Waals surface area contributed by atoms with Gasteiger partial charge in [-0.2, -0.15) is 26.3 Å². The average Bonchev–Trinajstić information content (AvgIpc) is 3.30. The number of hydrogen-bond acceptors (Lipinski definition) is 3. The van der Waals surface area contributed by atoms with Crippen molar-refractivity contribution in [3.8, 4) is 16.8 Å². The summed E-state index contributed by atoms with van der Waals surface area (Å²) in [5.41, 5.74) is -2.16. The first-order valence-corrected chi connectivity index (χ1v) is 10.8. The minimum absolute atomic E-state index is 0.0875. The van der Waals surface area contributed by atoms with Crippen LogP contribution in [0.25, 0.3) is 16.8 Å². The predicted molar refractivity (Wildman–Crippen MR) is 117 cm³/mol. The third kappa shape index (κ3) is 6.84. The number of nitrogens with zero attached hydrogens (tertiary/aromatic N) is 2. The summed E-state index contributed by atoms with van der Waals surface area (Å²) >= 11 is 0. The van der Waals surface area contributed by atoms with Crippen LogP contribution in [0.15, 0.2) is 55.0 Å². The van der Waals surface area contributed by atoms with E-state index in [1.165, 1.54) is 41.4 Å². The largest absolute Gasteiger partial charge is 0.416 e. The predicted octanol–water partition coefficient (Wildman–Crippen LogP) is 6.12. The van der Waals surface area contributed by atoms with Crippen LogP contribution in [0.3, 0.4) is 0 Å². The van der Waals surface area contributed by atoms with Crippen LogP contribution >= 0.6 is 0 Å². The second kappa shape index (κ2) is 10.9. The zero-order chi connectivity index (χ0) is 25.6. The van der Waals surface area contributed by atoms with E-state index in [1.807, 2.05) is 6.92 Å². The van der Waals surface area contributed by atoms with Gasteiger partial charge in [0.05, 0.1) is 23.7 Å². The summed E-state index contributed by atoms with van der Waals surface area (Å²) in [7, 11) is 0. The van der Waals surface area contributed by atoms with Gasteiger partial charge in [0.15, 0.2) is 0 Å². The van der Waals surface area contributed by atoms with Gasteiger partial charge in [0, 0.05) is 25.4 Å². The molecule has 0 saturated carbocycles. The molecule has 1 amide bonds.